The van der Waals surface area contributed by atoms with Gasteiger partial charge in [-0.2, -0.15) is 0 Å². The van der Waals surface area contributed by atoms with Crippen LogP contribution in [0.25, 0.3) is 0 Å². The number of hydrogen-bond donors (Lipinski definition) is 1. The minimum absolute atomic E-state index is 0.00725. The fourth-order valence-electron chi connectivity index (χ4n) is 1.99. The molecule has 1 N–H and O–H groups in total. The van der Waals surface area contributed by atoms with Crippen molar-refractivity contribution in [3.05, 3.63) is 23.8 Å². The predicted molar refractivity (Wildman–Crippen MR) is 79.5 cm³/mol. The molecule has 0 aliphatic rings. The van der Waals surface area contributed by atoms with Crippen LogP contribution in [0.4, 0.5) is 0 Å². The smallest absolute Gasteiger partial charge is 0.254 e. The number of benzene rings is 1. The highest BCUT2D eigenvalue weighted by Crippen LogP contribution is 2.26. The molecule has 1 aromatic carbocycles. The summed E-state index contributed by atoms with van der Waals surface area (Å²) in [5.74, 6) is -0.234. The van der Waals surface area contributed by atoms with E-state index in [0.29, 0.717) is 24.4 Å². The molecule has 0 heterocycles. The summed E-state index contributed by atoms with van der Waals surface area (Å²) in [5.41, 5.74) is 0.308. The number of carbonyl (C=O) groups excluding carboxylic acids is 2. The Hall–Kier alpha value is -2.24. The molecule has 0 fully saturated rings. The molecular weight excluding hydrogens is 272 g/mol. The van der Waals surface area contributed by atoms with Gasteiger partial charge in [0.2, 0.25) is 5.91 Å². The molecule has 1 rings (SSSR count). The second-order valence-corrected chi connectivity index (χ2v) is 4.61. The summed E-state index contributed by atoms with van der Waals surface area (Å²) >= 11 is 0. The highest BCUT2D eigenvalue weighted by molar-refractivity contribution is 5.96. The zero-order valence-electron chi connectivity index (χ0n) is 12.9. The topological polar surface area (TPSA) is 70.1 Å². The molecule has 1 aromatic rings. The lowest BCUT2D eigenvalue weighted by molar-refractivity contribution is -0.131. The predicted octanol–water partition coefficient (Wildman–Crippen LogP) is 1.34. The van der Waals surface area contributed by atoms with Gasteiger partial charge in [0.1, 0.15) is 0 Å². The number of rotatable bonds is 6. The van der Waals surface area contributed by atoms with Crippen LogP contribution < -0.4 is 4.74 Å². The van der Waals surface area contributed by atoms with Crippen LogP contribution in [0.3, 0.4) is 0 Å². The van der Waals surface area contributed by atoms with Gasteiger partial charge in [0, 0.05) is 25.7 Å². The first-order chi connectivity index (χ1) is 9.94. The number of carbonyl (C=O) groups is 2. The molecule has 6 nitrogen and oxygen atoms in total. The van der Waals surface area contributed by atoms with E-state index in [-0.39, 0.29) is 24.1 Å². The van der Waals surface area contributed by atoms with E-state index in [1.165, 1.54) is 24.1 Å². The van der Waals surface area contributed by atoms with Crippen molar-refractivity contribution in [1.82, 2.24) is 9.80 Å². The summed E-state index contributed by atoms with van der Waals surface area (Å²) in [6.07, 6.45) is 0. The average molecular weight is 294 g/mol. The molecule has 0 saturated carbocycles. The molecule has 0 bridgehead atoms. The Kier molecular flexibility index (Phi) is 6.02. The van der Waals surface area contributed by atoms with Crippen molar-refractivity contribution in [1.29, 1.82) is 0 Å². The lowest BCUT2D eigenvalue weighted by atomic mass is 10.1. The van der Waals surface area contributed by atoms with Crippen LogP contribution in [0.15, 0.2) is 18.2 Å². The highest BCUT2D eigenvalue weighted by Gasteiger charge is 2.18. The number of likely N-dealkylation sites (N-methyl/N-ethyl adjacent to an activating group) is 2. The molecule has 0 unspecified atom stereocenters. The second kappa shape index (κ2) is 7.52. The van der Waals surface area contributed by atoms with Crippen molar-refractivity contribution in [2.24, 2.45) is 0 Å². The third-order valence-corrected chi connectivity index (χ3v) is 3.26. The molecule has 2 amide bonds. The van der Waals surface area contributed by atoms with Gasteiger partial charge in [0.15, 0.2) is 11.5 Å². The number of amides is 2. The first-order valence-electron chi connectivity index (χ1n) is 6.84. The number of methoxy groups -OCH3 is 1. The van der Waals surface area contributed by atoms with Gasteiger partial charge in [0.05, 0.1) is 13.7 Å². The Bertz CT molecular complexity index is 512. The van der Waals surface area contributed by atoms with Crippen molar-refractivity contribution in [3.8, 4) is 11.5 Å². The van der Waals surface area contributed by atoms with E-state index >= 15 is 0 Å². The third-order valence-electron chi connectivity index (χ3n) is 3.26. The number of phenolic OH excluding ortho intramolecular Hbond substituents is 1. The molecule has 0 radical (unpaired) electrons. The Morgan fingerprint density at radius 1 is 1.24 bits per heavy atom. The first-order valence-corrected chi connectivity index (χ1v) is 6.84. The minimum atomic E-state index is -0.326. The third kappa shape index (κ3) is 4.11. The van der Waals surface area contributed by atoms with E-state index in [4.69, 9.17) is 4.74 Å². The van der Waals surface area contributed by atoms with Crippen molar-refractivity contribution < 1.29 is 19.4 Å². The fraction of sp³-hybridized carbons (Fsp3) is 0.467. The van der Waals surface area contributed by atoms with Crippen LogP contribution in [0, 0.1) is 0 Å². The van der Waals surface area contributed by atoms with Crippen molar-refractivity contribution in [3.63, 3.8) is 0 Å². The molecule has 6 heteroatoms. The molecule has 0 saturated heterocycles. The fourth-order valence-corrected chi connectivity index (χ4v) is 1.99. The lowest BCUT2D eigenvalue weighted by Gasteiger charge is -2.23. The number of aromatic hydroxyl groups is 1. The van der Waals surface area contributed by atoms with E-state index in [1.807, 2.05) is 13.8 Å². The quantitative estimate of drug-likeness (QED) is 0.859. The van der Waals surface area contributed by atoms with Crippen LogP contribution in [-0.4, -0.2) is 60.5 Å². The summed E-state index contributed by atoms with van der Waals surface area (Å²) in [5, 5.41) is 9.70. The summed E-state index contributed by atoms with van der Waals surface area (Å²) in [4.78, 5) is 27.2. The van der Waals surface area contributed by atoms with Gasteiger partial charge in [-0.3, -0.25) is 9.59 Å². The standard InChI is InChI=1S/C15H22N2O4/c1-5-17(6-2)14(19)10-16(3)15(20)11-7-8-13(21-4)12(18)9-11/h7-9,18H,5-6,10H2,1-4H3. The van der Waals surface area contributed by atoms with Crippen LogP contribution in [0.1, 0.15) is 24.2 Å². The molecule has 116 valence electrons. The van der Waals surface area contributed by atoms with Gasteiger partial charge >= 0.3 is 0 Å². The van der Waals surface area contributed by atoms with Crippen LogP contribution in [0.2, 0.25) is 0 Å². The summed E-state index contributed by atoms with van der Waals surface area (Å²) < 4.78 is 4.93. The molecular formula is C15H22N2O4. The number of hydrogen-bond acceptors (Lipinski definition) is 4. The largest absolute Gasteiger partial charge is 0.504 e. The van der Waals surface area contributed by atoms with E-state index in [0.717, 1.165) is 0 Å². The van der Waals surface area contributed by atoms with Crippen LogP contribution in [0.5, 0.6) is 11.5 Å². The number of nitrogens with zero attached hydrogens (tertiary/aromatic N) is 2. The molecule has 21 heavy (non-hydrogen) atoms. The molecule has 0 aliphatic heterocycles. The van der Waals surface area contributed by atoms with Gasteiger partial charge in [0.25, 0.3) is 5.91 Å². The summed E-state index contributed by atoms with van der Waals surface area (Å²) in [7, 11) is 3.00. The van der Waals surface area contributed by atoms with E-state index < -0.39 is 0 Å². The summed E-state index contributed by atoms with van der Waals surface area (Å²) in [6.45, 7) is 5.02. The van der Waals surface area contributed by atoms with Gasteiger partial charge in [-0.15, -0.1) is 0 Å². The minimum Gasteiger partial charge on any atom is -0.504 e. The zero-order valence-corrected chi connectivity index (χ0v) is 12.9. The number of ether oxygens (including phenoxy) is 1. The van der Waals surface area contributed by atoms with Gasteiger partial charge in [-0.1, -0.05) is 0 Å². The molecule has 0 aromatic heterocycles. The van der Waals surface area contributed by atoms with E-state index in [9.17, 15) is 14.7 Å². The Morgan fingerprint density at radius 3 is 2.33 bits per heavy atom. The van der Waals surface area contributed by atoms with Crippen molar-refractivity contribution in [2.75, 3.05) is 33.8 Å². The van der Waals surface area contributed by atoms with Gasteiger partial charge < -0.3 is 19.6 Å². The molecule has 0 aliphatic carbocycles. The van der Waals surface area contributed by atoms with E-state index in [2.05, 4.69) is 0 Å². The van der Waals surface area contributed by atoms with Crippen LogP contribution >= 0.6 is 0 Å². The normalized spacial score (nSPS) is 10.1. The first kappa shape index (κ1) is 16.8. The van der Waals surface area contributed by atoms with Crippen LogP contribution in [-0.2, 0) is 4.79 Å². The maximum Gasteiger partial charge on any atom is 0.254 e. The van der Waals surface area contributed by atoms with E-state index in [1.54, 1.807) is 18.0 Å². The monoisotopic (exact) mass is 294 g/mol. The Labute approximate surface area is 124 Å². The SMILES string of the molecule is CCN(CC)C(=O)CN(C)C(=O)c1ccc(OC)c(O)c1. The Balaban J connectivity index is 2.79. The van der Waals surface area contributed by atoms with Gasteiger partial charge in [-0.05, 0) is 32.0 Å². The summed E-state index contributed by atoms with van der Waals surface area (Å²) in [6, 6.07) is 4.40. The highest BCUT2D eigenvalue weighted by atomic mass is 16.5. The molecule has 0 atom stereocenters. The molecule has 0 spiro atoms. The maximum atomic E-state index is 12.2. The number of phenols is 1. The van der Waals surface area contributed by atoms with Crippen molar-refractivity contribution in [2.45, 2.75) is 13.8 Å². The Morgan fingerprint density at radius 2 is 1.86 bits per heavy atom. The zero-order chi connectivity index (χ0) is 16.0. The second-order valence-electron chi connectivity index (χ2n) is 4.61. The maximum absolute atomic E-state index is 12.2. The van der Waals surface area contributed by atoms with Crippen molar-refractivity contribution >= 4 is 11.8 Å². The lowest BCUT2D eigenvalue weighted by Crippen LogP contribution is -2.41. The average Bonchev–Trinajstić information content (AvgIpc) is 2.47. The van der Waals surface area contributed by atoms with Gasteiger partial charge in [-0.25, -0.2) is 0 Å².